The predicted octanol–water partition coefficient (Wildman–Crippen LogP) is 4.12. The number of halogens is 3. The highest BCUT2D eigenvalue weighted by Crippen LogP contribution is 2.44. The van der Waals surface area contributed by atoms with Crippen LogP contribution in [0.1, 0.15) is 74.7 Å². The molecule has 2 aromatic heterocycles. The van der Waals surface area contributed by atoms with E-state index in [0.29, 0.717) is 6.54 Å². The lowest BCUT2D eigenvalue weighted by Gasteiger charge is -2.45. The minimum atomic E-state index is -4.72. The Bertz CT molecular complexity index is 1140. The number of alkyl halides is 3. The van der Waals surface area contributed by atoms with Crippen molar-refractivity contribution < 1.29 is 28.2 Å². The summed E-state index contributed by atoms with van der Waals surface area (Å²) in [5.41, 5.74) is -2.80. The number of β-amino-alcohol motifs (C(OH)–C–C–N with tert-alkyl or cyclic N) is 1. The van der Waals surface area contributed by atoms with E-state index in [4.69, 9.17) is 0 Å². The number of likely N-dealkylation sites (tertiary alicyclic amines) is 2. The molecule has 2 aromatic rings. The van der Waals surface area contributed by atoms with E-state index in [-0.39, 0.29) is 46.1 Å². The number of aromatic nitrogens is 2. The molecular weight excluding hydrogens is 495 g/mol. The van der Waals surface area contributed by atoms with Crippen LogP contribution in [0.4, 0.5) is 19.0 Å². The Morgan fingerprint density at radius 3 is 2.50 bits per heavy atom. The van der Waals surface area contributed by atoms with Gasteiger partial charge in [-0.2, -0.15) is 13.2 Å². The van der Waals surface area contributed by atoms with E-state index in [1.807, 2.05) is 27.7 Å². The number of anilines is 1. The zero-order chi connectivity index (χ0) is 26.6. The van der Waals surface area contributed by atoms with Crippen LogP contribution in [-0.4, -0.2) is 72.7 Å². The number of rotatable bonds is 5. The number of aliphatic hydroxyl groups is 2. The summed E-state index contributed by atoms with van der Waals surface area (Å²) in [5, 5.41) is 23.9. The average molecular weight is 528 g/mol. The van der Waals surface area contributed by atoms with E-state index in [1.54, 1.807) is 16.7 Å². The van der Waals surface area contributed by atoms with E-state index in [2.05, 4.69) is 15.3 Å². The predicted molar refractivity (Wildman–Crippen MR) is 131 cm³/mol. The van der Waals surface area contributed by atoms with Crippen molar-refractivity contribution in [2.75, 3.05) is 25.0 Å². The highest BCUT2D eigenvalue weighted by Gasteiger charge is 2.43. The van der Waals surface area contributed by atoms with Gasteiger partial charge in [-0.3, -0.25) is 9.69 Å². The third-order valence-corrected chi connectivity index (χ3v) is 7.40. The van der Waals surface area contributed by atoms with Crippen molar-refractivity contribution >= 4 is 23.1 Å². The molecule has 0 spiro atoms. The first-order chi connectivity index (χ1) is 16.6. The van der Waals surface area contributed by atoms with Crippen LogP contribution in [0.2, 0.25) is 0 Å². The Morgan fingerprint density at radius 2 is 1.97 bits per heavy atom. The van der Waals surface area contributed by atoms with Crippen molar-refractivity contribution in [3.05, 3.63) is 28.5 Å². The van der Waals surface area contributed by atoms with Crippen molar-refractivity contribution in [1.29, 1.82) is 0 Å². The highest BCUT2D eigenvalue weighted by molar-refractivity contribution is 7.15. The van der Waals surface area contributed by atoms with Crippen LogP contribution in [-0.2, 0) is 6.18 Å². The molecule has 36 heavy (non-hydrogen) atoms. The number of nitrogens with zero attached hydrogens (tertiary/aromatic N) is 4. The normalized spacial score (nSPS) is 21.4. The number of hydrogen-bond donors (Lipinski definition) is 3. The van der Waals surface area contributed by atoms with Gasteiger partial charge in [0.15, 0.2) is 6.23 Å². The van der Waals surface area contributed by atoms with Gasteiger partial charge >= 0.3 is 6.18 Å². The lowest BCUT2D eigenvalue weighted by molar-refractivity contribution is -0.153. The quantitative estimate of drug-likeness (QED) is 0.538. The van der Waals surface area contributed by atoms with Crippen LogP contribution in [0.25, 0.3) is 10.4 Å². The number of thiazole rings is 1. The van der Waals surface area contributed by atoms with Gasteiger partial charge in [-0.1, -0.05) is 0 Å². The Morgan fingerprint density at radius 1 is 1.31 bits per heavy atom. The van der Waals surface area contributed by atoms with Crippen molar-refractivity contribution in [3.8, 4) is 10.4 Å². The molecule has 2 atom stereocenters. The summed E-state index contributed by atoms with van der Waals surface area (Å²) in [7, 11) is 0. The fourth-order valence-electron chi connectivity index (χ4n) is 4.63. The molecule has 2 aliphatic rings. The maximum Gasteiger partial charge on any atom is 0.417 e. The van der Waals surface area contributed by atoms with Gasteiger partial charge in [0.2, 0.25) is 0 Å². The summed E-state index contributed by atoms with van der Waals surface area (Å²) < 4.78 is 42.7. The highest BCUT2D eigenvalue weighted by atomic mass is 32.1. The second kappa shape index (κ2) is 9.23. The van der Waals surface area contributed by atoms with E-state index in [1.165, 1.54) is 0 Å². The third kappa shape index (κ3) is 5.51. The summed E-state index contributed by atoms with van der Waals surface area (Å²) >= 11 is 0.844. The topological polar surface area (TPSA) is 102 Å². The molecule has 4 rings (SSSR count). The number of carbonyl (C=O) groups excluding carboxylic acids is 1. The van der Waals surface area contributed by atoms with Gasteiger partial charge in [0.25, 0.3) is 5.91 Å². The molecule has 1 unspecified atom stereocenters. The average Bonchev–Trinajstić information content (AvgIpc) is 3.36. The number of carbonyl (C=O) groups is 1. The zero-order valence-electron chi connectivity index (χ0n) is 21.0. The first-order valence-electron chi connectivity index (χ1n) is 11.9. The summed E-state index contributed by atoms with van der Waals surface area (Å²) in [6.07, 6.45) is -3.26. The van der Waals surface area contributed by atoms with E-state index in [9.17, 15) is 28.2 Å². The Hall–Kier alpha value is -2.28. The van der Waals surface area contributed by atoms with Gasteiger partial charge in [-0.25, -0.2) is 9.97 Å². The molecule has 0 aliphatic carbocycles. The first-order valence-corrected chi connectivity index (χ1v) is 12.7. The largest absolute Gasteiger partial charge is 0.417 e. The van der Waals surface area contributed by atoms with Gasteiger partial charge in [0.05, 0.1) is 16.0 Å². The number of nitrogens with one attached hydrogen (secondary N) is 1. The van der Waals surface area contributed by atoms with Crippen molar-refractivity contribution in [3.63, 3.8) is 0 Å². The molecular formula is C24H32F3N5O3S. The van der Waals surface area contributed by atoms with Crippen LogP contribution in [0.15, 0.2) is 12.3 Å². The van der Waals surface area contributed by atoms with E-state index >= 15 is 0 Å². The molecule has 0 aromatic carbocycles. The van der Waals surface area contributed by atoms with Gasteiger partial charge in [0, 0.05) is 43.0 Å². The summed E-state index contributed by atoms with van der Waals surface area (Å²) in [6, 6.07) is 0.875. The maximum absolute atomic E-state index is 14.2. The Kier molecular flexibility index (Phi) is 6.87. The molecule has 2 aliphatic heterocycles. The lowest BCUT2D eigenvalue weighted by atomic mass is 9.97. The van der Waals surface area contributed by atoms with Gasteiger partial charge in [0.1, 0.15) is 16.5 Å². The standard InChI is InChI=1S/C24H32F3N5O3S/c1-13-7-6-8-32(13)20(33)17-18(36-19(29-17)21(34)31-11-23(5,35)12-31)14-10-28-16(30-22(2,3)4)9-15(14)24(25,26)27/h9-10,13,21,34-35H,6-8,11-12H2,1-5H3,(H,28,30)/t13-,21?/m0/s1. The van der Waals surface area contributed by atoms with E-state index in [0.717, 1.165) is 36.4 Å². The van der Waals surface area contributed by atoms with Gasteiger partial charge in [-0.15, -0.1) is 11.3 Å². The van der Waals surface area contributed by atoms with Crippen molar-refractivity contribution in [1.82, 2.24) is 19.8 Å². The molecule has 1 amide bonds. The molecule has 0 bridgehead atoms. The first kappa shape index (κ1) is 26.8. The molecule has 8 nitrogen and oxygen atoms in total. The molecule has 198 valence electrons. The Balaban J connectivity index is 1.81. The molecule has 2 fully saturated rings. The second-order valence-corrected chi connectivity index (χ2v) is 12.0. The minimum Gasteiger partial charge on any atom is -0.387 e. The summed E-state index contributed by atoms with van der Waals surface area (Å²) in [6.45, 7) is 9.81. The lowest BCUT2D eigenvalue weighted by Crippen LogP contribution is -2.60. The monoisotopic (exact) mass is 527 g/mol. The smallest absolute Gasteiger partial charge is 0.387 e. The third-order valence-electron chi connectivity index (χ3n) is 6.27. The van der Waals surface area contributed by atoms with Crippen LogP contribution < -0.4 is 5.32 Å². The fraction of sp³-hybridized carbons (Fsp3) is 0.625. The molecule has 0 radical (unpaired) electrons. The van der Waals surface area contributed by atoms with E-state index < -0.39 is 35.0 Å². The van der Waals surface area contributed by atoms with Crippen LogP contribution >= 0.6 is 11.3 Å². The minimum absolute atomic E-state index is 0.0163. The fourth-order valence-corrected chi connectivity index (χ4v) is 5.73. The Labute approximate surface area is 212 Å². The molecule has 12 heteroatoms. The van der Waals surface area contributed by atoms with Crippen LogP contribution in [0, 0.1) is 0 Å². The molecule has 3 N–H and O–H groups in total. The van der Waals surface area contributed by atoms with Gasteiger partial charge < -0.3 is 20.4 Å². The van der Waals surface area contributed by atoms with Gasteiger partial charge in [-0.05, 0) is 53.5 Å². The SMILES string of the molecule is C[C@H]1CCCN1C(=O)c1nc(C(O)N2CC(C)(O)C2)sc1-c1cnc(NC(C)(C)C)cc1C(F)(F)F. The molecule has 2 saturated heterocycles. The molecule has 0 saturated carbocycles. The maximum atomic E-state index is 14.2. The second-order valence-electron chi connectivity index (χ2n) is 11.0. The van der Waals surface area contributed by atoms with Crippen molar-refractivity contribution in [2.45, 2.75) is 77.0 Å². The summed E-state index contributed by atoms with van der Waals surface area (Å²) in [5.74, 6) is -0.405. The van der Waals surface area contributed by atoms with Crippen molar-refractivity contribution in [2.24, 2.45) is 0 Å². The number of hydrogen-bond acceptors (Lipinski definition) is 8. The number of pyridine rings is 1. The number of aliphatic hydroxyl groups excluding tert-OH is 1. The number of amides is 1. The van der Waals surface area contributed by atoms with Crippen LogP contribution in [0.3, 0.4) is 0 Å². The molecule has 4 heterocycles. The zero-order valence-corrected chi connectivity index (χ0v) is 21.8. The van der Waals surface area contributed by atoms with Crippen LogP contribution in [0.5, 0.6) is 0 Å². The summed E-state index contributed by atoms with van der Waals surface area (Å²) in [4.78, 5) is 25.2.